The molecule has 0 aromatic carbocycles. The molecule has 64 heavy (non-hydrogen) atoms. The predicted octanol–water partition coefficient (Wildman–Crippen LogP) is 9.29. The van der Waals surface area contributed by atoms with Gasteiger partial charge in [-0.1, -0.05) is 99.0 Å². The summed E-state index contributed by atoms with van der Waals surface area (Å²) in [6.45, 7) is 24.8. The zero-order valence-electron chi connectivity index (χ0n) is 41.3. The fraction of sp³-hybridized carbons (Fsp3) is 0.600. The van der Waals surface area contributed by atoms with E-state index in [0.29, 0.717) is 11.6 Å². The van der Waals surface area contributed by atoms with E-state index in [9.17, 15) is 14.7 Å². The molecule has 5 N–H and O–H groups in total. The van der Waals surface area contributed by atoms with Gasteiger partial charge in [-0.25, -0.2) is 0 Å². The van der Waals surface area contributed by atoms with E-state index in [4.69, 9.17) is 9.47 Å². The number of aromatic nitrogens is 3. The van der Waals surface area contributed by atoms with Gasteiger partial charge in [0.15, 0.2) is 0 Å². The molecule has 3 aromatic rings. The van der Waals surface area contributed by atoms with E-state index < -0.39 is 11.9 Å². The van der Waals surface area contributed by atoms with Crippen LogP contribution in [0.4, 0.5) is 0 Å². The highest BCUT2D eigenvalue weighted by atomic mass is 16.5. The average molecular weight is 877 g/mol. The van der Waals surface area contributed by atoms with Crippen LogP contribution in [0.5, 0.6) is 0 Å². The van der Waals surface area contributed by atoms with Crippen molar-refractivity contribution in [3.8, 4) is 0 Å². The van der Waals surface area contributed by atoms with Crippen LogP contribution in [0.1, 0.15) is 171 Å². The molecule has 1 unspecified atom stereocenters. The lowest BCUT2D eigenvalue weighted by Crippen LogP contribution is -2.38. The molecule has 0 amide bonds. The molecule has 5 heterocycles. The molecular weight excluding hydrogens is 797 g/mol. The van der Waals surface area contributed by atoms with Crippen molar-refractivity contribution in [2.75, 3.05) is 13.7 Å². The second-order valence-electron chi connectivity index (χ2n) is 20.1. The number of hydrogen-bond acceptors (Lipinski definition) is 6. The number of rotatable bonds is 20. The molecule has 2 aliphatic heterocycles. The quantitative estimate of drug-likeness (QED) is 0.0568. The maximum Gasteiger partial charge on any atom is 0.320 e. The third-order valence-corrected chi connectivity index (χ3v) is 15.1. The molecule has 350 valence electrons. The number of aliphatic hydroxyl groups is 1. The van der Waals surface area contributed by atoms with Gasteiger partial charge in [-0.05, 0) is 141 Å². The maximum atomic E-state index is 13.7. The van der Waals surface area contributed by atoms with E-state index in [1.165, 1.54) is 79.9 Å². The number of H-pyrrole nitrogens is 3. The van der Waals surface area contributed by atoms with Crippen molar-refractivity contribution in [1.82, 2.24) is 20.3 Å². The van der Waals surface area contributed by atoms with Crippen molar-refractivity contribution < 1.29 is 24.2 Å². The smallest absolute Gasteiger partial charge is 0.320 e. The van der Waals surface area contributed by atoms with Gasteiger partial charge in [0.05, 0.1) is 18.5 Å². The molecule has 6 rings (SSSR count). The van der Waals surface area contributed by atoms with Crippen molar-refractivity contribution in [2.45, 2.75) is 166 Å². The lowest BCUT2D eigenvalue weighted by molar-refractivity contribution is -0.143. The predicted molar refractivity (Wildman–Crippen MR) is 262 cm³/mol. The normalized spacial score (nSPS) is 22.1. The fourth-order valence-corrected chi connectivity index (χ4v) is 10.9. The Hall–Kier alpha value is -4.66. The fourth-order valence-electron chi connectivity index (χ4n) is 10.9. The monoisotopic (exact) mass is 877 g/mol. The number of allylic oxidation sites excluding steroid dienone is 2. The number of carbonyl (C=O) groups is 2. The van der Waals surface area contributed by atoms with Gasteiger partial charge in [0.1, 0.15) is 18.3 Å². The van der Waals surface area contributed by atoms with Gasteiger partial charge in [0.25, 0.3) is 0 Å². The van der Waals surface area contributed by atoms with Gasteiger partial charge in [-0.3, -0.25) is 9.59 Å². The number of esters is 2. The number of nitrogens with one attached hydrogen (secondary N) is 4. The van der Waals surface area contributed by atoms with Gasteiger partial charge in [-0.2, -0.15) is 0 Å². The lowest BCUT2D eigenvalue weighted by Gasteiger charge is -2.26. The van der Waals surface area contributed by atoms with Gasteiger partial charge in [0, 0.05) is 51.0 Å². The molecule has 6 atom stereocenters. The van der Waals surface area contributed by atoms with Crippen molar-refractivity contribution in [1.29, 1.82) is 0 Å². The zero-order valence-corrected chi connectivity index (χ0v) is 41.3. The molecule has 0 saturated carbocycles. The van der Waals surface area contributed by atoms with Gasteiger partial charge < -0.3 is 34.8 Å². The molecule has 3 aliphatic rings. The Balaban J connectivity index is 1.21. The Kier molecular flexibility index (Phi) is 16.4. The Bertz CT molecular complexity index is 2470. The number of hydrogen-bond donors (Lipinski definition) is 5. The molecule has 1 fully saturated rings. The summed E-state index contributed by atoms with van der Waals surface area (Å²) < 4.78 is 11.2. The number of methoxy groups -OCH3 is 1. The summed E-state index contributed by atoms with van der Waals surface area (Å²) in [5.74, 6) is 0.534. The average Bonchev–Trinajstić information content (AvgIpc) is 3.99. The highest BCUT2D eigenvalue weighted by Crippen LogP contribution is 2.42. The number of ether oxygens (including phenoxy) is 2. The Labute approximate surface area is 383 Å². The van der Waals surface area contributed by atoms with E-state index >= 15 is 0 Å². The van der Waals surface area contributed by atoms with Gasteiger partial charge in [0.2, 0.25) is 0 Å². The van der Waals surface area contributed by atoms with E-state index in [0.717, 1.165) is 93.4 Å². The van der Waals surface area contributed by atoms with Crippen LogP contribution in [0.15, 0.2) is 17.3 Å². The summed E-state index contributed by atoms with van der Waals surface area (Å²) in [6.07, 6.45) is 22.5. The van der Waals surface area contributed by atoms with Crippen molar-refractivity contribution >= 4 is 41.5 Å². The minimum Gasteiger partial charge on any atom is -0.510 e. The van der Waals surface area contributed by atoms with Crippen molar-refractivity contribution in [2.24, 2.45) is 35.5 Å². The minimum absolute atomic E-state index is 0.00425. The van der Waals surface area contributed by atoms with E-state index in [2.05, 4.69) is 114 Å². The summed E-state index contributed by atoms with van der Waals surface area (Å²) in [7, 11) is 1.37. The first-order valence-electron chi connectivity index (χ1n) is 24.7. The second-order valence-corrected chi connectivity index (χ2v) is 20.1. The highest BCUT2D eigenvalue weighted by molar-refractivity contribution is 5.95. The number of aromatic amines is 3. The molecule has 1 saturated heterocycles. The van der Waals surface area contributed by atoms with E-state index in [-0.39, 0.29) is 42.6 Å². The molecule has 0 radical (unpaired) electrons. The third-order valence-electron chi connectivity index (χ3n) is 15.1. The maximum absolute atomic E-state index is 13.7. The largest absolute Gasteiger partial charge is 0.510 e. The van der Waals surface area contributed by atoms with Gasteiger partial charge >= 0.3 is 11.9 Å². The van der Waals surface area contributed by atoms with Crippen molar-refractivity contribution in [3.05, 3.63) is 83.5 Å². The first-order chi connectivity index (χ1) is 30.6. The summed E-state index contributed by atoms with van der Waals surface area (Å²) in [4.78, 5) is 38.3. The Morgan fingerprint density at radius 1 is 0.781 bits per heavy atom. The summed E-state index contributed by atoms with van der Waals surface area (Å²) in [5.41, 5.74) is 11.8. The van der Waals surface area contributed by atoms with E-state index in [1.807, 2.05) is 6.92 Å². The van der Waals surface area contributed by atoms with Crippen LogP contribution < -0.4 is 26.6 Å². The van der Waals surface area contributed by atoms with Crippen LogP contribution in [-0.2, 0) is 31.9 Å². The molecule has 9 nitrogen and oxygen atoms in total. The summed E-state index contributed by atoms with van der Waals surface area (Å²) >= 11 is 0. The van der Waals surface area contributed by atoms with Crippen LogP contribution in [0, 0.1) is 56.3 Å². The Morgan fingerprint density at radius 2 is 1.42 bits per heavy atom. The SMILES string of the molecule is CCc1c2[nH]c(c1C)/C=C1\NC(C3=c4[nH]c(c(C)c4=C(O)[C@@H]3C(=O)OC)/C=c3\[nH]/c(c(C)c3CC)=C\2)[C@@H](CCC(=O)OC/C=C(/C)CCC[C@H](C)CCC[C@H](C)CCCC(C)C)[C@@H]1C. The molecule has 1 aliphatic carbocycles. The lowest BCUT2D eigenvalue weighted by atomic mass is 9.80. The van der Waals surface area contributed by atoms with Crippen molar-refractivity contribution in [3.63, 3.8) is 0 Å². The van der Waals surface area contributed by atoms with Gasteiger partial charge in [-0.15, -0.1) is 0 Å². The van der Waals surface area contributed by atoms with Crippen LogP contribution in [0.3, 0.4) is 0 Å². The first-order valence-corrected chi connectivity index (χ1v) is 24.7. The minimum atomic E-state index is -0.980. The van der Waals surface area contributed by atoms with Crippen LogP contribution in [0.2, 0.25) is 0 Å². The number of aliphatic hydroxyl groups excluding tert-OH is 1. The third kappa shape index (κ3) is 10.7. The van der Waals surface area contributed by atoms with Crippen LogP contribution >= 0.6 is 0 Å². The topological polar surface area (TPSA) is 132 Å². The van der Waals surface area contributed by atoms with Crippen LogP contribution in [0.25, 0.3) is 29.6 Å². The molecule has 9 heteroatoms. The summed E-state index contributed by atoms with van der Waals surface area (Å²) in [6, 6.07) is -0.375. The van der Waals surface area contributed by atoms with Crippen LogP contribution in [-0.4, -0.2) is 51.8 Å². The zero-order chi connectivity index (χ0) is 46.4. The van der Waals surface area contributed by atoms with E-state index in [1.54, 1.807) is 0 Å². The second kappa shape index (κ2) is 21.6. The highest BCUT2D eigenvalue weighted by Gasteiger charge is 2.47. The molecular formula is C55H80N4O5. The molecule has 0 spiro atoms. The first kappa shape index (κ1) is 48.8. The molecule has 8 bridgehead atoms. The standard InChI is InChI=1S/C55H80N4O5/c1-13-39-35(8)42-28-44-37(10)41(24-25-48(60)64-27-26-34(7)23-17-22-33(6)21-16-20-32(5)19-15-18-31(3)4)52(58-44)50-51(55(62)63-12)54(61)49-38(11)45(59-53(49)50)30-47-40(14-2)36(9)43(57-47)29-46(39)56-42/h26,28-33,37,41,51-52,56-59,61H,13-25,27H2,1-12H3/b34-26-,43-29-,44-28-,47-30-/t32-,33-,37+,41+,51-,52?/m1/s1. The summed E-state index contributed by atoms with van der Waals surface area (Å²) in [5, 5.41) is 19.3. The Morgan fingerprint density at radius 3 is 2.08 bits per heavy atom. The number of carbonyl (C=O) groups excluding carboxylic acids is 2. The number of fused-ring (bicyclic) bond motifs is 8. The molecule has 3 aromatic heterocycles.